The van der Waals surface area contributed by atoms with E-state index >= 15 is 0 Å². The van der Waals surface area contributed by atoms with E-state index in [0.717, 1.165) is 5.56 Å². The lowest BCUT2D eigenvalue weighted by molar-refractivity contribution is -0.384. The second-order valence-corrected chi connectivity index (χ2v) is 6.53. The van der Waals surface area contributed by atoms with E-state index in [9.17, 15) is 19.7 Å². The maximum absolute atomic E-state index is 12.8. The van der Waals surface area contributed by atoms with Crippen LogP contribution in [0.5, 0.6) is 5.75 Å². The highest BCUT2D eigenvalue weighted by Crippen LogP contribution is 2.23. The zero-order chi connectivity index (χ0) is 21.5. The Balaban J connectivity index is 1.88. The second kappa shape index (κ2) is 9.43. The molecule has 0 unspecified atom stereocenters. The molecule has 0 amide bonds. The van der Waals surface area contributed by atoms with Crippen LogP contribution in [0.3, 0.4) is 0 Å². The first-order chi connectivity index (χ1) is 14.5. The van der Waals surface area contributed by atoms with Gasteiger partial charge in [0.25, 0.3) is 5.69 Å². The number of nitrogens with zero attached hydrogens (tertiary/aromatic N) is 1. The van der Waals surface area contributed by atoms with Crippen LogP contribution in [0.25, 0.3) is 5.57 Å². The molecule has 3 aromatic rings. The standard InChI is InChI=1S/C24H19NO5/c1-30-22-13-9-19(10-14-22)24(27)16-20(17-5-3-2-4-6-17)15-23(26)18-7-11-21(12-8-18)25(28)29/h2-14,16H,15H2,1H3. The molecule has 6 nitrogen and oxygen atoms in total. The van der Waals surface area contributed by atoms with Crippen molar-refractivity contribution in [1.82, 2.24) is 0 Å². The molecule has 0 saturated carbocycles. The summed E-state index contributed by atoms with van der Waals surface area (Å²) in [5, 5.41) is 10.8. The van der Waals surface area contributed by atoms with E-state index in [1.807, 2.05) is 30.3 Å². The fourth-order valence-electron chi connectivity index (χ4n) is 2.93. The molecule has 0 radical (unpaired) electrons. The molecule has 3 aromatic carbocycles. The molecule has 0 aliphatic carbocycles. The van der Waals surface area contributed by atoms with Crippen LogP contribution in [-0.4, -0.2) is 23.6 Å². The largest absolute Gasteiger partial charge is 0.497 e. The van der Waals surface area contributed by atoms with Crippen molar-refractivity contribution in [3.05, 3.63) is 112 Å². The van der Waals surface area contributed by atoms with Crippen LogP contribution in [0.15, 0.2) is 84.9 Å². The molecular formula is C24H19NO5. The molecular weight excluding hydrogens is 382 g/mol. The zero-order valence-electron chi connectivity index (χ0n) is 16.3. The summed E-state index contributed by atoms with van der Waals surface area (Å²) >= 11 is 0. The number of nitro groups is 1. The number of ketones is 2. The molecule has 6 heteroatoms. The Hall–Kier alpha value is -4.06. The van der Waals surface area contributed by atoms with Gasteiger partial charge in [-0.15, -0.1) is 0 Å². The second-order valence-electron chi connectivity index (χ2n) is 6.53. The summed E-state index contributed by atoms with van der Waals surface area (Å²) in [7, 11) is 1.55. The van der Waals surface area contributed by atoms with E-state index in [4.69, 9.17) is 4.74 Å². The Morgan fingerprint density at radius 1 is 0.867 bits per heavy atom. The van der Waals surface area contributed by atoms with E-state index in [2.05, 4.69) is 0 Å². The Labute approximate surface area is 173 Å². The number of non-ortho nitro benzene ring substituents is 1. The number of Topliss-reactive ketones (excluding diaryl/α,β-unsaturated/α-hetero) is 1. The van der Waals surface area contributed by atoms with Crippen LogP contribution in [0.2, 0.25) is 0 Å². The maximum Gasteiger partial charge on any atom is 0.269 e. The lowest BCUT2D eigenvalue weighted by atomic mass is 9.95. The normalized spacial score (nSPS) is 11.0. The third-order valence-electron chi connectivity index (χ3n) is 4.58. The molecule has 0 aliphatic heterocycles. The average molecular weight is 401 g/mol. The third-order valence-corrected chi connectivity index (χ3v) is 4.58. The van der Waals surface area contributed by atoms with Crippen molar-refractivity contribution in [2.24, 2.45) is 0 Å². The van der Waals surface area contributed by atoms with Crippen molar-refractivity contribution in [2.45, 2.75) is 6.42 Å². The van der Waals surface area contributed by atoms with Gasteiger partial charge in [0.15, 0.2) is 11.6 Å². The lowest BCUT2D eigenvalue weighted by Crippen LogP contribution is -2.04. The third kappa shape index (κ3) is 5.05. The number of allylic oxidation sites excluding steroid dienone is 2. The van der Waals surface area contributed by atoms with Gasteiger partial charge in [-0.05, 0) is 53.6 Å². The number of carbonyl (C=O) groups is 2. The molecule has 0 aromatic heterocycles. The van der Waals surface area contributed by atoms with Crippen molar-refractivity contribution < 1.29 is 19.2 Å². The van der Waals surface area contributed by atoms with Gasteiger partial charge >= 0.3 is 0 Å². The van der Waals surface area contributed by atoms with Gasteiger partial charge in [-0.3, -0.25) is 19.7 Å². The van der Waals surface area contributed by atoms with Gasteiger partial charge in [-0.25, -0.2) is 0 Å². The summed E-state index contributed by atoms with van der Waals surface area (Å²) in [4.78, 5) is 35.8. The molecule has 0 atom stereocenters. The average Bonchev–Trinajstić information content (AvgIpc) is 2.79. The van der Waals surface area contributed by atoms with Gasteiger partial charge in [0, 0.05) is 29.7 Å². The van der Waals surface area contributed by atoms with Crippen LogP contribution >= 0.6 is 0 Å². The Morgan fingerprint density at radius 2 is 1.47 bits per heavy atom. The number of hydrogen-bond acceptors (Lipinski definition) is 5. The number of nitro benzene ring substituents is 1. The molecule has 0 spiro atoms. The SMILES string of the molecule is COc1ccc(C(=O)C=C(CC(=O)c2ccc([N+](=O)[O-])cc2)c2ccccc2)cc1. The summed E-state index contributed by atoms with van der Waals surface area (Å²) in [5.74, 6) is 0.183. The Bertz CT molecular complexity index is 1080. The van der Waals surface area contributed by atoms with E-state index in [0.29, 0.717) is 22.4 Å². The summed E-state index contributed by atoms with van der Waals surface area (Å²) in [6, 6.07) is 21.3. The quantitative estimate of drug-likeness (QED) is 0.226. The van der Waals surface area contributed by atoms with Gasteiger partial charge in [-0.1, -0.05) is 30.3 Å². The number of rotatable bonds is 8. The molecule has 0 N–H and O–H groups in total. The number of hydrogen-bond donors (Lipinski definition) is 0. The van der Waals surface area contributed by atoms with Crippen LogP contribution in [-0.2, 0) is 0 Å². The highest BCUT2D eigenvalue weighted by atomic mass is 16.6. The number of benzene rings is 3. The van der Waals surface area contributed by atoms with E-state index in [1.54, 1.807) is 31.4 Å². The molecule has 0 heterocycles. The number of ether oxygens (including phenoxy) is 1. The first-order valence-electron chi connectivity index (χ1n) is 9.20. The summed E-state index contributed by atoms with van der Waals surface area (Å²) in [6.45, 7) is 0. The summed E-state index contributed by atoms with van der Waals surface area (Å²) in [6.07, 6.45) is 1.45. The highest BCUT2D eigenvalue weighted by Gasteiger charge is 2.15. The molecule has 30 heavy (non-hydrogen) atoms. The minimum atomic E-state index is -0.517. The Morgan fingerprint density at radius 3 is 2.03 bits per heavy atom. The van der Waals surface area contributed by atoms with Crippen molar-refractivity contribution >= 4 is 22.8 Å². The van der Waals surface area contributed by atoms with Gasteiger partial charge in [0.05, 0.1) is 12.0 Å². The maximum atomic E-state index is 12.8. The topological polar surface area (TPSA) is 86.5 Å². The van der Waals surface area contributed by atoms with Crippen molar-refractivity contribution in [2.75, 3.05) is 7.11 Å². The smallest absolute Gasteiger partial charge is 0.269 e. The molecule has 0 bridgehead atoms. The molecule has 3 rings (SSSR count). The zero-order valence-corrected chi connectivity index (χ0v) is 16.3. The van der Waals surface area contributed by atoms with E-state index in [1.165, 1.54) is 30.3 Å². The molecule has 150 valence electrons. The minimum Gasteiger partial charge on any atom is -0.497 e. The summed E-state index contributed by atoms with van der Waals surface area (Å²) in [5.41, 5.74) is 2.07. The summed E-state index contributed by atoms with van der Waals surface area (Å²) < 4.78 is 5.11. The van der Waals surface area contributed by atoms with Crippen LogP contribution in [0, 0.1) is 10.1 Å². The predicted molar refractivity (Wildman–Crippen MR) is 114 cm³/mol. The van der Waals surface area contributed by atoms with Gasteiger partial charge in [-0.2, -0.15) is 0 Å². The number of carbonyl (C=O) groups excluding carboxylic acids is 2. The highest BCUT2D eigenvalue weighted by molar-refractivity contribution is 6.11. The predicted octanol–water partition coefficient (Wildman–Crippen LogP) is 5.14. The minimum absolute atomic E-state index is 0.0102. The van der Waals surface area contributed by atoms with Crippen molar-refractivity contribution in [3.8, 4) is 5.75 Å². The monoisotopic (exact) mass is 401 g/mol. The van der Waals surface area contributed by atoms with Crippen molar-refractivity contribution in [1.29, 1.82) is 0 Å². The van der Waals surface area contributed by atoms with Crippen LogP contribution in [0.4, 0.5) is 5.69 Å². The first-order valence-corrected chi connectivity index (χ1v) is 9.20. The van der Waals surface area contributed by atoms with Gasteiger partial charge in [0.1, 0.15) is 5.75 Å². The van der Waals surface area contributed by atoms with Crippen LogP contribution < -0.4 is 4.74 Å². The van der Waals surface area contributed by atoms with Crippen molar-refractivity contribution in [3.63, 3.8) is 0 Å². The fourth-order valence-corrected chi connectivity index (χ4v) is 2.93. The lowest BCUT2D eigenvalue weighted by Gasteiger charge is -2.08. The molecule has 0 aliphatic rings. The van der Waals surface area contributed by atoms with Crippen LogP contribution in [0.1, 0.15) is 32.7 Å². The van der Waals surface area contributed by atoms with Gasteiger partial charge < -0.3 is 4.74 Å². The van der Waals surface area contributed by atoms with E-state index < -0.39 is 4.92 Å². The first kappa shape index (κ1) is 20.7. The fraction of sp³-hybridized carbons (Fsp3) is 0.0833. The molecule has 0 saturated heterocycles. The Kier molecular flexibility index (Phi) is 6.49. The van der Waals surface area contributed by atoms with Gasteiger partial charge in [0.2, 0.25) is 0 Å². The molecule has 0 fully saturated rings. The van der Waals surface area contributed by atoms with E-state index in [-0.39, 0.29) is 23.7 Å². The number of methoxy groups -OCH3 is 1.